The SMILES string of the molecule is Nc1cnc2ccc(CCC3=CC(n4ccc5c(N)ncnc54)CC3)cc2n1. The lowest BCUT2D eigenvalue weighted by molar-refractivity contribution is 0.603. The number of hydrogen-bond donors (Lipinski definition) is 2. The highest BCUT2D eigenvalue weighted by Gasteiger charge is 2.19. The second-order valence-electron chi connectivity index (χ2n) is 7.27. The van der Waals surface area contributed by atoms with Crippen molar-refractivity contribution < 1.29 is 0 Å². The second-order valence-corrected chi connectivity index (χ2v) is 7.27. The van der Waals surface area contributed by atoms with Crippen molar-refractivity contribution in [1.29, 1.82) is 0 Å². The van der Waals surface area contributed by atoms with Crippen LogP contribution in [0.25, 0.3) is 22.1 Å². The highest BCUT2D eigenvalue weighted by Crippen LogP contribution is 2.33. The first kappa shape index (κ1) is 16.7. The number of anilines is 2. The highest BCUT2D eigenvalue weighted by molar-refractivity contribution is 5.86. The van der Waals surface area contributed by atoms with Crippen molar-refractivity contribution in [3.8, 4) is 0 Å². The fraction of sp³-hybridized carbons (Fsp3) is 0.238. The molecule has 1 aromatic carbocycles. The molecule has 4 N–H and O–H groups in total. The molecule has 7 heteroatoms. The number of allylic oxidation sites excluding steroid dienone is 2. The predicted molar refractivity (Wildman–Crippen MR) is 111 cm³/mol. The van der Waals surface area contributed by atoms with Crippen molar-refractivity contribution in [1.82, 2.24) is 24.5 Å². The van der Waals surface area contributed by atoms with Gasteiger partial charge in [0.25, 0.3) is 0 Å². The van der Waals surface area contributed by atoms with Gasteiger partial charge in [-0.05, 0) is 49.4 Å². The first-order valence-corrected chi connectivity index (χ1v) is 9.45. The molecule has 1 aliphatic carbocycles. The van der Waals surface area contributed by atoms with Gasteiger partial charge in [0.2, 0.25) is 0 Å². The Balaban J connectivity index is 1.33. The normalized spacial score (nSPS) is 16.7. The summed E-state index contributed by atoms with van der Waals surface area (Å²) in [5.41, 5.74) is 17.1. The molecule has 140 valence electrons. The topological polar surface area (TPSA) is 109 Å². The third-order valence-electron chi connectivity index (χ3n) is 5.45. The van der Waals surface area contributed by atoms with Gasteiger partial charge in [-0.1, -0.05) is 17.7 Å². The fourth-order valence-electron chi connectivity index (χ4n) is 3.99. The summed E-state index contributed by atoms with van der Waals surface area (Å²) in [5, 5.41) is 0.917. The molecule has 3 heterocycles. The lowest BCUT2D eigenvalue weighted by atomic mass is 10.0. The smallest absolute Gasteiger partial charge is 0.146 e. The molecule has 1 unspecified atom stereocenters. The molecule has 0 fully saturated rings. The Labute approximate surface area is 162 Å². The predicted octanol–water partition coefficient (Wildman–Crippen LogP) is 3.43. The number of fused-ring (bicyclic) bond motifs is 2. The van der Waals surface area contributed by atoms with E-state index >= 15 is 0 Å². The number of hydrogen-bond acceptors (Lipinski definition) is 6. The summed E-state index contributed by atoms with van der Waals surface area (Å²) in [5.74, 6) is 0.986. The quantitative estimate of drug-likeness (QED) is 0.532. The van der Waals surface area contributed by atoms with Gasteiger partial charge in [-0.2, -0.15) is 0 Å². The summed E-state index contributed by atoms with van der Waals surface area (Å²) in [6, 6.07) is 8.55. The van der Waals surface area contributed by atoms with Gasteiger partial charge in [0.1, 0.15) is 23.6 Å². The zero-order valence-corrected chi connectivity index (χ0v) is 15.4. The van der Waals surface area contributed by atoms with Crippen LogP contribution in [0.4, 0.5) is 11.6 Å². The monoisotopic (exact) mass is 371 g/mol. The summed E-state index contributed by atoms with van der Waals surface area (Å²) >= 11 is 0. The molecule has 0 radical (unpaired) electrons. The molecule has 1 aliphatic rings. The van der Waals surface area contributed by atoms with Crippen LogP contribution in [0.5, 0.6) is 0 Å². The highest BCUT2D eigenvalue weighted by atomic mass is 15.1. The number of benzene rings is 1. The Morgan fingerprint density at radius 2 is 1.96 bits per heavy atom. The molecule has 0 saturated heterocycles. The van der Waals surface area contributed by atoms with Crippen LogP contribution in [0.15, 0.2) is 54.6 Å². The van der Waals surface area contributed by atoms with E-state index < -0.39 is 0 Å². The molecule has 0 saturated carbocycles. The van der Waals surface area contributed by atoms with Crippen LogP contribution >= 0.6 is 0 Å². The molecule has 1 atom stereocenters. The summed E-state index contributed by atoms with van der Waals surface area (Å²) < 4.78 is 2.20. The van der Waals surface area contributed by atoms with Crippen LogP contribution < -0.4 is 11.5 Å². The van der Waals surface area contributed by atoms with E-state index in [9.17, 15) is 0 Å². The number of aryl methyl sites for hydroxylation is 1. The van der Waals surface area contributed by atoms with Crippen molar-refractivity contribution in [3.63, 3.8) is 0 Å². The average Bonchev–Trinajstić information content (AvgIpc) is 3.33. The summed E-state index contributed by atoms with van der Waals surface area (Å²) in [7, 11) is 0. The molecule has 0 bridgehead atoms. The minimum atomic E-state index is 0.323. The molecular weight excluding hydrogens is 350 g/mol. The average molecular weight is 371 g/mol. The Morgan fingerprint density at radius 3 is 2.89 bits per heavy atom. The fourth-order valence-corrected chi connectivity index (χ4v) is 3.99. The number of rotatable bonds is 4. The van der Waals surface area contributed by atoms with Gasteiger partial charge in [0.15, 0.2) is 0 Å². The Bertz CT molecular complexity index is 1210. The van der Waals surface area contributed by atoms with E-state index in [1.807, 2.05) is 12.1 Å². The summed E-state index contributed by atoms with van der Waals surface area (Å²) in [6.07, 6.45) is 11.8. The van der Waals surface area contributed by atoms with Crippen LogP contribution in [0.1, 0.15) is 30.9 Å². The molecule has 0 amide bonds. The molecule has 28 heavy (non-hydrogen) atoms. The zero-order valence-electron chi connectivity index (χ0n) is 15.4. The van der Waals surface area contributed by atoms with Crippen LogP contribution in [0.3, 0.4) is 0 Å². The van der Waals surface area contributed by atoms with E-state index in [0.717, 1.165) is 47.8 Å². The largest absolute Gasteiger partial charge is 0.383 e. The summed E-state index contributed by atoms with van der Waals surface area (Å²) in [6.45, 7) is 0. The minimum Gasteiger partial charge on any atom is -0.383 e. The molecule has 5 rings (SSSR count). The van der Waals surface area contributed by atoms with Crippen molar-refractivity contribution in [2.45, 2.75) is 31.7 Å². The Kier molecular flexibility index (Phi) is 3.93. The van der Waals surface area contributed by atoms with Gasteiger partial charge in [-0.15, -0.1) is 0 Å². The van der Waals surface area contributed by atoms with Crippen molar-refractivity contribution in [2.75, 3.05) is 11.5 Å². The molecule has 0 aliphatic heterocycles. The maximum atomic E-state index is 5.96. The molecule has 3 aromatic heterocycles. The van der Waals surface area contributed by atoms with Crippen LogP contribution in [-0.2, 0) is 6.42 Å². The van der Waals surface area contributed by atoms with Gasteiger partial charge in [0.05, 0.1) is 28.7 Å². The van der Waals surface area contributed by atoms with E-state index in [0.29, 0.717) is 17.7 Å². The van der Waals surface area contributed by atoms with Crippen molar-refractivity contribution in [2.24, 2.45) is 0 Å². The van der Waals surface area contributed by atoms with Gasteiger partial charge in [-0.25, -0.2) is 15.0 Å². The van der Waals surface area contributed by atoms with Gasteiger partial charge in [0, 0.05) is 6.20 Å². The van der Waals surface area contributed by atoms with Gasteiger partial charge in [-0.3, -0.25) is 4.98 Å². The van der Waals surface area contributed by atoms with E-state index in [-0.39, 0.29) is 0 Å². The first-order chi connectivity index (χ1) is 13.7. The number of nitrogens with zero attached hydrogens (tertiary/aromatic N) is 5. The number of nitrogen functional groups attached to an aromatic ring is 2. The molecule has 0 spiro atoms. The van der Waals surface area contributed by atoms with Crippen molar-refractivity contribution in [3.05, 3.63) is 60.2 Å². The molecule has 7 nitrogen and oxygen atoms in total. The van der Waals surface area contributed by atoms with Gasteiger partial charge >= 0.3 is 0 Å². The van der Waals surface area contributed by atoms with E-state index in [4.69, 9.17) is 11.5 Å². The lowest BCUT2D eigenvalue weighted by Gasteiger charge is -2.10. The van der Waals surface area contributed by atoms with Crippen molar-refractivity contribution >= 4 is 33.7 Å². The van der Waals surface area contributed by atoms with E-state index in [1.54, 1.807) is 6.20 Å². The second kappa shape index (κ2) is 6.60. The third kappa shape index (κ3) is 2.94. The van der Waals surface area contributed by atoms with E-state index in [2.05, 4.69) is 48.9 Å². The summed E-state index contributed by atoms with van der Waals surface area (Å²) in [4.78, 5) is 17.2. The minimum absolute atomic E-state index is 0.323. The number of nitrogens with two attached hydrogens (primary N) is 2. The van der Waals surface area contributed by atoms with Crippen LogP contribution in [-0.4, -0.2) is 24.5 Å². The maximum absolute atomic E-state index is 5.96. The Hall–Kier alpha value is -3.48. The lowest BCUT2D eigenvalue weighted by Crippen LogP contribution is -2.03. The third-order valence-corrected chi connectivity index (χ3v) is 5.45. The number of aromatic nitrogens is 5. The van der Waals surface area contributed by atoms with Gasteiger partial charge < -0.3 is 16.0 Å². The van der Waals surface area contributed by atoms with Crippen LogP contribution in [0, 0.1) is 0 Å². The van der Waals surface area contributed by atoms with E-state index in [1.165, 1.54) is 17.5 Å². The maximum Gasteiger partial charge on any atom is 0.146 e. The molecule has 4 aromatic rings. The standard InChI is InChI=1S/C21H21N7/c22-19-11-24-17-6-4-14(10-18(17)27-19)2-1-13-3-5-15(9-13)28-8-7-16-20(23)25-12-26-21(16)28/h4,6-12,15H,1-3,5H2,(H2,22,27)(H2,23,25,26). The van der Waals surface area contributed by atoms with Crippen LogP contribution in [0.2, 0.25) is 0 Å². The Morgan fingerprint density at radius 1 is 1.04 bits per heavy atom. The first-order valence-electron chi connectivity index (χ1n) is 9.45. The molecular formula is C21H21N7. The zero-order chi connectivity index (χ0) is 19.1.